The molecule has 0 saturated carbocycles. The first-order valence-corrected chi connectivity index (χ1v) is 8.03. The zero-order chi connectivity index (χ0) is 14.4. The lowest BCUT2D eigenvalue weighted by molar-refractivity contribution is -0.148. The number of hydrogen-bond acceptors (Lipinski definition) is 5. The lowest BCUT2D eigenvalue weighted by Gasteiger charge is -2.36. The number of carbonyl (C=O) groups excluding carboxylic acids is 1. The van der Waals surface area contributed by atoms with Gasteiger partial charge in [0.25, 0.3) is 0 Å². The fourth-order valence-electron chi connectivity index (χ4n) is 2.35. The molecule has 0 aromatic heterocycles. The Morgan fingerprint density at radius 3 is 3.00 bits per heavy atom. The largest absolute Gasteiger partial charge is 0.497 e. The van der Waals surface area contributed by atoms with Crippen molar-refractivity contribution in [3.8, 4) is 5.75 Å². The highest BCUT2D eigenvalue weighted by Crippen LogP contribution is 2.32. The van der Waals surface area contributed by atoms with E-state index in [1.54, 1.807) is 18.9 Å². The summed E-state index contributed by atoms with van der Waals surface area (Å²) in [5.41, 5.74) is 0.269. The molecule has 1 unspecified atom stereocenters. The predicted molar refractivity (Wildman–Crippen MR) is 82.5 cm³/mol. The lowest BCUT2D eigenvalue weighted by atomic mass is 9.95. The summed E-state index contributed by atoms with van der Waals surface area (Å²) >= 11 is 1.79. The van der Waals surface area contributed by atoms with E-state index in [2.05, 4.69) is 5.32 Å². The van der Waals surface area contributed by atoms with Crippen molar-refractivity contribution in [3.63, 3.8) is 0 Å². The molecule has 1 saturated heterocycles. The third-order valence-corrected chi connectivity index (χ3v) is 4.63. The van der Waals surface area contributed by atoms with Gasteiger partial charge in [-0.1, -0.05) is 6.07 Å². The number of carbonyl (C=O) groups is 1. The Balaban J connectivity index is 2.20. The minimum absolute atomic E-state index is 0.157. The summed E-state index contributed by atoms with van der Waals surface area (Å²) in [6, 6.07) is 7.65. The van der Waals surface area contributed by atoms with Crippen molar-refractivity contribution in [1.82, 2.24) is 0 Å². The van der Waals surface area contributed by atoms with Crippen molar-refractivity contribution in [2.45, 2.75) is 25.3 Å². The summed E-state index contributed by atoms with van der Waals surface area (Å²) in [7, 11) is 1.64. The van der Waals surface area contributed by atoms with Gasteiger partial charge in [-0.05, 0) is 37.7 Å². The van der Waals surface area contributed by atoms with Crippen LogP contribution in [0.5, 0.6) is 5.75 Å². The van der Waals surface area contributed by atoms with E-state index in [1.165, 1.54) is 0 Å². The average molecular weight is 295 g/mol. The van der Waals surface area contributed by atoms with Crippen LogP contribution in [-0.4, -0.2) is 36.7 Å². The average Bonchev–Trinajstić information content (AvgIpc) is 2.48. The second-order valence-electron chi connectivity index (χ2n) is 4.82. The van der Waals surface area contributed by atoms with Gasteiger partial charge in [-0.2, -0.15) is 11.8 Å². The van der Waals surface area contributed by atoms with Crippen LogP contribution in [0.15, 0.2) is 24.3 Å². The SMILES string of the molecule is CCOC(=O)C1(Nc2cccc(OC)c2)CCCSC1. The van der Waals surface area contributed by atoms with Crippen molar-refractivity contribution in [3.05, 3.63) is 24.3 Å². The van der Waals surface area contributed by atoms with E-state index in [-0.39, 0.29) is 5.97 Å². The Hall–Kier alpha value is -1.36. The molecule has 2 rings (SSSR count). The van der Waals surface area contributed by atoms with Gasteiger partial charge in [0.15, 0.2) is 0 Å². The van der Waals surface area contributed by atoms with Crippen LogP contribution in [-0.2, 0) is 9.53 Å². The Bertz CT molecular complexity index is 458. The smallest absolute Gasteiger partial charge is 0.332 e. The first-order valence-electron chi connectivity index (χ1n) is 6.87. The molecular formula is C15H21NO3S. The Labute approximate surface area is 124 Å². The van der Waals surface area contributed by atoms with Crippen LogP contribution in [0.25, 0.3) is 0 Å². The maximum Gasteiger partial charge on any atom is 0.332 e. The van der Waals surface area contributed by atoms with Crippen LogP contribution < -0.4 is 10.1 Å². The summed E-state index contributed by atoms with van der Waals surface area (Å²) in [4.78, 5) is 12.3. The molecule has 1 N–H and O–H groups in total. The highest BCUT2D eigenvalue weighted by molar-refractivity contribution is 7.99. The summed E-state index contributed by atoms with van der Waals surface area (Å²) in [6.45, 7) is 2.25. The summed E-state index contributed by atoms with van der Waals surface area (Å²) in [5, 5.41) is 3.38. The van der Waals surface area contributed by atoms with E-state index in [0.717, 1.165) is 35.8 Å². The number of thioether (sulfide) groups is 1. The second-order valence-corrected chi connectivity index (χ2v) is 5.92. The number of anilines is 1. The van der Waals surface area contributed by atoms with E-state index in [1.807, 2.05) is 31.2 Å². The first-order chi connectivity index (χ1) is 9.70. The van der Waals surface area contributed by atoms with Crippen LogP contribution in [0.2, 0.25) is 0 Å². The van der Waals surface area contributed by atoms with Crippen LogP contribution in [0.3, 0.4) is 0 Å². The fraction of sp³-hybridized carbons (Fsp3) is 0.533. The molecule has 1 aliphatic rings. The number of benzene rings is 1. The van der Waals surface area contributed by atoms with Crippen LogP contribution in [0.1, 0.15) is 19.8 Å². The first kappa shape index (κ1) is 15.0. The van der Waals surface area contributed by atoms with Gasteiger partial charge in [-0.15, -0.1) is 0 Å². The van der Waals surface area contributed by atoms with E-state index in [0.29, 0.717) is 6.61 Å². The van der Waals surface area contributed by atoms with Gasteiger partial charge in [0.2, 0.25) is 0 Å². The molecule has 1 aliphatic heterocycles. The van der Waals surface area contributed by atoms with Gasteiger partial charge < -0.3 is 14.8 Å². The topological polar surface area (TPSA) is 47.6 Å². The molecule has 0 amide bonds. The molecule has 1 heterocycles. The molecule has 0 aliphatic carbocycles. The number of nitrogens with one attached hydrogen (secondary N) is 1. The van der Waals surface area contributed by atoms with Crippen molar-refractivity contribution in [2.75, 3.05) is 30.5 Å². The number of esters is 1. The lowest BCUT2D eigenvalue weighted by Crippen LogP contribution is -2.51. The third kappa shape index (κ3) is 3.39. The highest BCUT2D eigenvalue weighted by atomic mass is 32.2. The summed E-state index contributed by atoms with van der Waals surface area (Å²) in [6.07, 6.45) is 1.82. The van der Waals surface area contributed by atoms with Gasteiger partial charge in [0, 0.05) is 17.5 Å². The minimum atomic E-state index is -0.620. The van der Waals surface area contributed by atoms with Crippen molar-refractivity contribution >= 4 is 23.4 Å². The maximum absolute atomic E-state index is 12.3. The van der Waals surface area contributed by atoms with Gasteiger partial charge in [0.1, 0.15) is 11.3 Å². The Morgan fingerprint density at radius 2 is 2.35 bits per heavy atom. The van der Waals surface area contributed by atoms with Crippen molar-refractivity contribution in [1.29, 1.82) is 0 Å². The Kier molecular flexibility index (Phi) is 5.17. The number of hydrogen-bond donors (Lipinski definition) is 1. The highest BCUT2D eigenvalue weighted by Gasteiger charge is 2.41. The van der Waals surface area contributed by atoms with Gasteiger partial charge in [-0.3, -0.25) is 0 Å². The van der Waals surface area contributed by atoms with E-state index >= 15 is 0 Å². The van der Waals surface area contributed by atoms with Gasteiger partial charge in [0.05, 0.1) is 13.7 Å². The fourth-order valence-corrected chi connectivity index (χ4v) is 3.53. The molecule has 1 aromatic rings. The van der Waals surface area contributed by atoms with Gasteiger partial charge in [-0.25, -0.2) is 4.79 Å². The van der Waals surface area contributed by atoms with Crippen LogP contribution in [0, 0.1) is 0 Å². The molecule has 20 heavy (non-hydrogen) atoms. The van der Waals surface area contributed by atoms with E-state index in [9.17, 15) is 4.79 Å². The number of ether oxygens (including phenoxy) is 2. The summed E-state index contributed by atoms with van der Waals surface area (Å²) < 4.78 is 10.5. The monoisotopic (exact) mass is 295 g/mol. The quantitative estimate of drug-likeness (QED) is 0.846. The number of rotatable bonds is 5. The number of methoxy groups -OCH3 is 1. The molecule has 0 bridgehead atoms. The van der Waals surface area contributed by atoms with Gasteiger partial charge >= 0.3 is 5.97 Å². The third-order valence-electron chi connectivity index (χ3n) is 3.36. The standard InChI is InChI=1S/C15H21NO3S/c1-3-19-14(17)15(8-5-9-20-11-15)16-12-6-4-7-13(10-12)18-2/h4,6-7,10,16H,3,5,8-9,11H2,1-2H3. The van der Waals surface area contributed by atoms with Crippen LogP contribution >= 0.6 is 11.8 Å². The molecule has 5 heteroatoms. The normalized spacial score (nSPS) is 22.1. The zero-order valence-electron chi connectivity index (χ0n) is 12.0. The van der Waals surface area contributed by atoms with Crippen molar-refractivity contribution in [2.24, 2.45) is 0 Å². The molecular weight excluding hydrogens is 274 g/mol. The van der Waals surface area contributed by atoms with E-state index in [4.69, 9.17) is 9.47 Å². The molecule has 1 fully saturated rings. The second kappa shape index (κ2) is 6.88. The molecule has 0 spiro atoms. The molecule has 110 valence electrons. The predicted octanol–water partition coefficient (Wildman–Crippen LogP) is 2.94. The molecule has 1 atom stereocenters. The summed E-state index contributed by atoms with van der Waals surface area (Å²) in [5.74, 6) is 2.46. The molecule has 0 radical (unpaired) electrons. The van der Waals surface area contributed by atoms with Crippen LogP contribution in [0.4, 0.5) is 5.69 Å². The Morgan fingerprint density at radius 1 is 1.50 bits per heavy atom. The zero-order valence-corrected chi connectivity index (χ0v) is 12.8. The molecule has 1 aromatic carbocycles. The minimum Gasteiger partial charge on any atom is -0.497 e. The maximum atomic E-state index is 12.3. The van der Waals surface area contributed by atoms with Crippen molar-refractivity contribution < 1.29 is 14.3 Å². The molecule has 4 nitrogen and oxygen atoms in total. The van der Waals surface area contributed by atoms with E-state index < -0.39 is 5.54 Å².